The number of ether oxygens (including phenoxy) is 1. The lowest BCUT2D eigenvalue weighted by atomic mass is 10.2. The van der Waals surface area contributed by atoms with Crippen molar-refractivity contribution in [1.82, 2.24) is 0 Å². The number of hydrogen-bond donors (Lipinski definition) is 2. The molecule has 1 aromatic carbocycles. The fraction of sp³-hybridized carbons (Fsp3) is 0.333. The molecular weight excluding hydrogens is 239 g/mol. The molecule has 0 saturated carbocycles. The van der Waals surface area contributed by atoms with Gasteiger partial charge in [-0.3, -0.25) is 5.32 Å². The van der Waals surface area contributed by atoms with Gasteiger partial charge >= 0.3 is 6.09 Å². The number of carbonyl (C=O) groups is 1. The summed E-state index contributed by atoms with van der Waals surface area (Å²) in [6.45, 7) is 5.00. The maximum Gasteiger partial charge on any atom is 0.412 e. The summed E-state index contributed by atoms with van der Waals surface area (Å²) in [6.07, 6.45) is -0.842. The highest BCUT2D eigenvalue weighted by Gasteiger charge is 2.18. The third-order valence-corrected chi connectivity index (χ3v) is 1.84. The number of carbonyl (C=O) groups excluding carboxylic acids is 1. The molecule has 0 aliphatic heterocycles. The molecule has 96 valence electrons. The van der Waals surface area contributed by atoms with Crippen LogP contribution in [0, 0.1) is 17.1 Å². The summed E-state index contributed by atoms with van der Waals surface area (Å²) in [5.41, 5.74) is -1.17. The molecule has 2 N–H and O–H groups in total. The van der Waals surface area contributed by atoms with Crippen LogP contribution in [0.3, 0.4) is 0 Å². The van der Waals surface area contributed by atoms with Gasteiger partial charge in [-0.15, -0.1) is 0 Å². The van der Waals surface area contributed by atoms with E-state index in [1.165, 1.54) is 0 Å². The number of benzene rings is 1. The highest BCUT2D eigenvalue weighted by molar-refractivity contribution is 5.85. The van der Waals surface area contributed by atoms with Crippen LogP contribution in [0.2, 0.25) is 0 Å². The number of nitriles is 1. The van der Waals surface area contributed by atoms with Gasteiger partial charge in [-0.2, -0.15) is 5.26 Å². The quantitative estimate of drug-likeness (QED) is 0.805. The fourth-order valence-electron chi connectivity index (χ4n) is 1.16. The number of aromatic hydroxyl groups is 1. The van der Waals surface area contributed by atoms with Crippen LogP contribution in [0.1, 0.15) is 26.3 Å². The van der Waals surface area contributed by atoms with Crippen LogP contribution in [-0.2, 0) is 4.74 Å². The lowest BCUT2D eigenvalue weighted by molar-refractivity contribution is 0.0635. The molecule has 1 aromatic rings. The van der Waals surface area contributed by atoms with Gasteiger partial charge < -0.3 is 9.84 Å². The number of halogens is 1. The number of nitrogens with one attached hydrogen (secondary N) is 1. The van der Waals surface area contributed by atoms with Crippen molar-refractivity contribution in [3.8, 4) is 11.8 Å². The second-order valence-corrected chi connectivity index (χ2v) is 4.59. The predicted molar refractivity (Wildman–Crippen MR) is 62.6 cm³/mol. The third-order valence-electron chi connectivity index (χ3n) is 1.84. The van der Waals surface area contributed by atoms with E-state index >= 15 is 0 Å². The Morgan fingerprint density at radius 2 is 2.11 bits per heavy atom. The van der Waals surface area contributed by atoms with Gasteiger partial charge in [0.2, 0.25) is 0 Å². The van der Waals surface area contributed by atoms with E-state index in [1.807, 2.05) is 0 Å². The molecule has 0 heterocycles. The van der Waals surface area contributed by atoms with E-state index in [-0.39, 0.29) is 11.3 Å². The fourth-order valence-corrected chi connectivity index (χ4v) is 1.16. The van der Waals surface area contributed by atoms with E-state index in [4.69, 9.17) is 10.00 Å². The minimum Gasteiger partial charge on any atom is -0.506 e. The van der Waals surface area contributed by atoms with E-state index in [9.17, 15) is 14.3 Å². The van der Waals surface area contributed by atoms with Gasteiger partial charge in [0.1, 0.15) is 23.2 Å². The molecule has 0 unspecified atom stereocenters. The van der Waals surface area contributed by atoms with Gasteiger partial charge in [-0.05, 0) is 26.8 Å². The molecule has 0 fully saturated rings. The zero-order valence-electron chi connectivity index (χ0n) is 10.2. The summed E-state index contributed by atoms with van der Waals surface area (Å²) < 4.78 is 18.4. The molecule has 18 heavy (non-hydrogen) atoms. The second kappa shape index (κ2) is 4.92. The monoisotopic (exact) mass is 252 g/mol. The minimum atomic E-state index is -0.842. The van der Waals surface area contributed by atoms with E-state index in [1.54, 1.807) is 26.8 Å². The Kier molecular flexibility index (Phi) is 3.76. The summed E-state index contributed by atoms with van der Waals surface area (Å²) in [5, 5.41) is 20.1. The summed E-state index contributed by atoms with van der Waals surface area (Å²) >= 11 is 0. The van der Waals surface area contributed by atoms with Gasteiger partial charge in [0, 0.05) is 6.07 Å². The zero-order valence-corrected chi connectivity index (χ0v) is 10.2. The maximum absolute atomic E-state index is 13.5. The van der Waals surface area contributed by atoms with Gasteiger partial charge in [0.15, 0.2) is 0 Å². The van der Waals surface area contributed by atoms with Gasteiger partial charge in [-0.25, -0.2) is 9.18 Å². The van der Waals surface area contributed by atoms with Crippen LogP contribution in [0.15, 0.2) is 12.1 Å². The average Bonchev–Trinajstić information content (AvgIpc) is 2.20. The third kappa shape index (κ3) is 3.63. The SMILES string of the molecule is CC(C)(C)OC(=O)Nc1cc(O)c(C#N)cc1F. The van der Waals surface area contributed by atoms with Crippen molar-refractivity contribution in [2.75, 3.05) is 5.32 Å². The summed E-state index contributed by atoms with van der Waals surface area (Å²) in [6, 6.07) is 3.41. The lowest BCUT2D eigenvalue weighted by Crippen LogP contribution is -2.27. The molecule has 0 atom stereocenters. The molecule has 0 bridgehead atoms. The standard InChI is InChI=1S/C12H13FN2O3/c1-12(2,3)18-11(17)15-9-5-10(16)7(6-14)4-8(9)13/h4-5,16H,1-3H3,(H,15,17). The van der Waals surface area contributed by atoms with Gasteiger partial charge in [-0.1, -0.05) is 0 Å². The molecule has 0 aliphatic rings. The predicted octanol–water partition coefficient (Wildman–Crippen LogP) is 2.75. The second-order valence-electron chi connectivity index (χ2n) is 4.59. The average molecular weight is 252 g/mol. The smallest absolute Gasteiger partial charge is 0.412 e. The van der Waals surface area contributed by atoms with Crippen molar-refractivity contribution in [2.24, 2.45) is 0 Å². The van der Waals surface area contributed by atoms with Gasteiger partial charge in [0.05, 0.1) is 11.3 Å². The van der Waals surface area contributed by atoms with Crippen LogP contribution in [0.25, 0.3) is 0 Å². The van der Waals surface area contributed by atoms with Crippen LogP contribution in [0.4, 0.5) is 14.9 Å². The first-order valence-electron chi connectivity index (χ1n) is 5.15. The number of rotatable bonds is 1. The normalized spacial score (nSPS) is 10.6. The highest BCUT2D eigenvalue weighted by Crippen LogP contribution is 2.25. The van der Waals surface area contributed by atoms with Crippen molar-refractivity contribution in [1.29, 1.82) is 5.26 Å². The summed E-state index contributed by atoms with van der Waals surface area (Å²) in [5.74, 6) is -1.24. The van der Waals surface area contributed by atoms with Crippen LogP contribution < -0.4 is 5.32 Å². The van der Waals surface area contributed by atoms with E-state index in [0.29, 0.717) is 0 Å². The number of hydrogen-bond acceptors (Lipinski definition) is 4. The van der Waals surface area contributed by atoms with Crippen LogP contribution in [-0.4, -0.2) is 16.8 Å². The molecule has 1 amide bonds. The van der Waals surface area contributed by atoms with Crippen LogP contribution in [0.5, 0.6) is 5.75 Å². The molecule has 6 heteroatoms. The van der Waals surface area contributed by atoms with E-state index in [0.717, 1.165) is 12.1 Å². The van der Waals surface area contributed by atoms with E-state index in [2.05, 4.69) is 5.32 Å². The minimum absolute atomic E-state index is 0.206. The molecule has 5 nitrogen and oxygen atoms in total. The molecule has 0 saturated heterocycles. The Hall–Kier alpha value is -2.29. The Labute approximate surface area is 104 Å². The van der Waals surface area contributed by atoms with Crippen molar-refractivity contribution < 1.29 is 19.0 Å². The number of amides is 1. The van der Waals surface area contributed by atoms with E-state index < -0.39 is 23.3 Å². The first kappa shape index (κ1) is 13.8. The number of nitrogens with zero attached hydrogens (tertiary/aromatic N) is 1. The highest BCUT2D eigenvalue weighted by atomic mass is 19.1. The van der Waals surface area contributed by atoms with Crippen molar-refractivity contribution in [2.45, 2.75) is 26.4 Å². The summed E-state index contributed by atoms with van der Waals surface area (Å²) in [7, 11) is 0. The molecule has 1 rings (SSSR count). The zero-order chi connectivity index (χ0) is 13.9. The first-order valence-corrected chi connectivity index (χ1v) is 5.15. The number of anilines is 1. The van der Waals surface area contributed by atoms with Crippen molar-refractivity contribution in [3.05, 3.63) is 23.5 Å². The molecule has 0 aliphatic carbocycles. The van der Waals surface area contributed by atoms with Gasteiger partial charge in [0.25, 0.3) is 0 Å². The molecular formula is C12H13FN2O3. The van der Waals surface area contributed by atoms with Crippen molar-refractivity contribution in [3.63, 3.8) is 0 Å². The molecule has 0 aromatic heterocycles. The van der Waals surface area contributed by atoms with Crippen molar-refractivity contribution >= 4 is 11.8 Å². The largest absolute Gasteiger partial charge is 0.506 e. The first-order chi connectivity index (χ1) is 8.23. The Morgan fingerprint density at radius 1 is 1.50 bits per heavy atom. The number of phenols is 1. The van der Waals surface area contributed by atoms with Crippen LogP contribution >= 0.6 is 0 Å². The Morgan fingerprint density at radius 3 is 2.61 bits per heavy atom. The molecule has 0 spiro atoms. The Bertz CT molecular complexity index is 515. The maximum atomic E-state index is 13.5. The molecule has 0 radical (unpaired) electrons. The Balaban J connectivity index is 2.90. The lowest BCUT2D eigenvalue weighted by Gasteiger charge is -2.19. The summed E-state index contributed by atoms with van der Waals surface area (Å²) in [4.78, 5) is 11.4. The topological polar surface area (TPSA) is 82.3 Å². The number of phenolic OH excluding ortho intramolecular Hbond substituents is 1.